The van der Waals surface area contributed by atoms with E-state index in [1.165, 1.54) is 11.8 Å². The van der Waals surface area contributed by atoms with Crippen LogP contribution in [0.5, 0.6) is 0 Å². The number of hydrogen-bond acceptors (Lipinski definition) is 8. The highest BCUT2D eigenvalue weighted by atomic mass is 32.2. The van der Waals surface area contributed by atoms with Gasteiger partial charge in [-0.1, -0.05) is 79.4 Å². The molecule has 1 aromatic heterocycles. The van der Waals surface area contributed by atoms with Crippen LogP contribution in [0.3, 0.4) is 0 Å². The summed E-state index contributed by atoms with van der Waals surface area (Å²) >= 11 is 2.36. The molecule has 0 saturated heterocycles. The number of imide groups is 1. The van der Waals surface area contributed by atoms with Gasteiger partial charge >= 0.3 is 0 Å². The molecule has 8 nitrogen and oxygen atoms in total. The van der Waals surface area contributed by atoms with E-state index in [2.05, 4.69) is 15.5 Å². The van der Waals surface area contributed by atoms with E-state index in [4.69, 9.17) is 0 Å². The monoisotopic (exact) mass is 480 g/mol. The van der Waals surface area contributed by atoms with Crippen LogP contribution in [0, 0.1) is 5.92 Å². The summed E-state index contributed by atoms with van der Waals surface area (Å²) in [6.07, 6.45) is 0. The average Bonchev–Trinajstić information content (AvgIpc) is 3.36. The Balaban J connectivity index is 1.43. The number of benzene rings is 2. The topological polar surface area (TPSA) is 109 Å². The molecule has 4 rings (SSSR count). The summed E-state index contributed by atoms with van der Waals surface area (Å²) in [5, 5.41) is 10.9. The zero-order chi connectivity index (χ0) is 23.5. The maximum absolute atomic E-state index is 13.1. The lowest BCUT2D eigenvalue weighted by Crippen LogP contribution is -2.50. The van der Waals surface area contributed by atoms with Crippen molar-refractivity contribution in [2.75, 3.05) is 11.1 Å². The molecule has 1 atom stereocenters. The first-order valence-electron chi connectivity index (χ1n) is 10.2. The molecule has 0 saturated carbocycles. The minimum atomic E-state index is -1.00. The van der Waals surface area contributed by atoms with E-state index < -0.39 is 23.8 Å². The number of nitrogens with one attached hydrogen (secondary N) is 1. The Morgan fingerprint density at radius 3 is 2.18 bits per heavy atom. The van der Waals surface area contributed by atoms with Gasteiger partial charge in [-0.3, -0.25) is 29.4 Å². The molecule has 0 spiro atoms. The van der Waals surface area contributed by atoms with Gasteiger partial charge in [-0.25, -0.2) is 0 Å². The summed E-state index contributed by atoms with van der Waals surface area (Å²) in [7, 11) is 0. The van der Waals surface area contributed by atoms with E-state index in [9.17, 15) is 19.2 Å². The lowest BCUT2D eigenvalue weighted by atomic mass is 10.0. The number of anilines is 1. The predicted molar refractivity (Wildman–Crippen MR) is 126 cm³/mol. The van der Waals surface area contributed by atoms with E-state index in [-0.39, 0.29) is 22.6 Å². The molecule has 1 unspecified atom stereocenters. The summed E-state index contributed by atoms with van der Waals surface area (Å²) in [5.74, 6) is -1.66. The van der Waals surface area contributed by atoms with Crippen molar-refractivity contribution in [3.63, 3.8) is 0 Å². The Labute approximate surface area is 198 Å². The minimum Gasteiger partial charge on any atom is -0.299 e. The predicted octanol–water partition coefficient (Wildman–Crippen LogP) is 3.77. The van der Waals surface area contributed by atoms with Crippen molar-refractivity contribution < 1.29 is 19.2 Å². The number of carbonyl (C=O) groups is 4. The van der Waals surface area contributed by atoms with Crippen LogP contribution in [0.4, 0.5) is 5.13 Å². The van der Waals surface area contributed by atoms with Gasteiger partial charge in [0.25, 0.3) is 11.8 Å². The van der Waals surface area contributed by atoms with E-state index in [1.54, 1.807) is 62.4 Å². The third-order valence-corrected chi connectivity index (χ3v) is 7.03. The van der Waals surface area contributed by atoms with Gasteiger partial charge in [-0.15, -0.1) is 10.2 Å². The molecule has 168 valence electrons. The fourth-order valence-electron chi connectivity index (χ4n) is 3.51. The highest BCUT2D eigenvalue weighted by Crippen LogP contribution is 2.29. The molecular formula is C23H20N4O4S2. The van der Waals surface area contributed by atoms with Crippen LogP contribution in [0.15, 0.2) is 58.9 Å². The molecule has 0 bridgehead atoms. The van der Waals surface area contributed by atoms with E-state index in [0.29, 0.717) is 21.0 Å². The molecule has 10 heteroatoms. The zero-order valence-corrected chi connectivity index (χ0v) is 19.5. The number of thioether (sulfide) groups is 1. The lowest BCUT2D eigenvalue weighted by molar-refractivity contribution is -0.121. The van der Waals surface area contributed by atoms with Crippen molar-refractivity contribution in [1.29, 1.82) is 0 Å². The zero-order valence-electron chi connectivity index (χ0n) is 17.8. The fourth-order valence-corrected chi connectivity index (χ4v) is 5.16. The van der Waals surface area contributed by atoms with Crippen LogP contribution in [0.25, 0.3) is 0 Å². The van der Waals surface area contributed by atoms with Crippen LogP contribution in [-0.2, 0) is 4.79 Å². The van der Waals surface area contributed by atoms with Gasteiger partial charge in [-0.05, 0) is 18.1 Å². The largest absolute Gasteiger partial charge is 0.299 e. The van der Waals surface area contributed by atoms with Gasteiger partial charge in [0.1, 0.15) is 6.04 Å². The quantitative estimate of drug-likeness (QED) is 0.226. The average molecular weight is 481 g/mol. The second-order valence-corrected chi connectivity index (χ2v) is 9.85. The van der Waals surface area contributed by atoms with Gasteiger partial charge in [0.05, 0.1) is 16.9 Å². The molecule has 0 aliphatic carbocycles. The van der Waals surface area contributed by atoms with Crippen LogP contribution in [0.1, 0.15) is 44.9 Å². The van der Waals surface area contributed by atoms with Crippen molar-refractivity contribution in [2.24, 2.45) is 5.92 Å². The first-order chi connectivity index (χ1) is 15.9. The summed E-state index contributed by atoms with van der Waals surface area (Å²) in [5.41, 5.74) is 1.20. The molecule has 0 fully saturated rings. The Bertz CT molecular complexity index is 1190. The Morgan fingerprint density at radius 1 is 0.970 bits per heavy atom. The molecule has 3 aromatic rings. The van der Waals surface area contributed by atoms with Gasteiger partial charge < -0.3 is 0 Å². The van der Waals surface area contributed by atoms with Crippen molar-refractivity contribution in [3.8, 4) is 0 Å². The summed E-state index contributed by atoms with van der Waals surface area (Å²) < 4.78 is 0.524. The molecule has 2 aromatic carbocycles. The standard InChI is InChI=1S/C23H20N4O4S2/c1-13(2)18(27-20(30)15-10-6-7-11-16(15)21(27)31)19(29)24-22-25-26-23(33-22)32-12-17(28)14-8-4-3-5-9-14/h3-11,13,18H,12H2,1-2H3,(H,24,25,29). The maximum Gasteiger partial charge on any atom is 0.262 e. The van der Waals surface area contributed by atoms with E-state index in [0.717, 1.165) is 16.2 Å². The number of ketones is 1. The fraction of sp³-hybridized carbons (Fsp3) is 0.217. The van der Waals surface area contributed by atoms with Crippen molar-refractivity contribution in [3.05, 3.63) is 71.3 Å². The highest BCUT2D eigenvalue weighted by molar-refractivity contribution is 8.01. The number of carbonyl (C=O) groups excluding carboxylic acids is 4. The van der Waals surface area contributed by atoms with Crippen molar-refractivity contribution in [1.82, 2.24) is 15.1 Å². The lowest BCUT2D eigenvalue weighted by Gasteiger charge is -2.27. The number of hydrogen-bond donors (Lipinski definition) is 1. The third kappa shape index (κ3) is 4.71. The van der Waals surface area contributed by atoms with E-state index in [1.807, 2.05) is 6.07 Å². The second-order valence-electron chi connectivity index (χ2n) is 7.65. The first-order valence-corrected chi connectivity index (χ1v) is 12.0. The number of nitrogens with zero attached hydrogens (tertiary/aromatic N) is 3. The summed E-state index contributed by atoms with van der Waals surface area (Å²) in [6.45, 7) is 3.54. The molecule has 3 amide bonds. The van der Waals surface area contributed by atoms with Gasteiger partial charge in [-0.2, -0.15) is 0 Å². The van der Waals surface area contributed by atoms with Crippen LogP contribution < -0.4 is 5.32 Å². The first kappa shape index (κ1) is 22.8. The number of aromatic nitrogens is 2. The number of Topliss-reactive ketones (excluding diaryl/α,β-unsaturated/α-hetero) is 1. The second kappa shape index (κ2) is 9.63. The summed E-state index contributed by atoms with van der Waals surface area (Å²) in [6, 6.07) is 14.5. The Morgan fingerprint density at radius 2 is 1.58 bits per heavy atom. The van der Waals surface area contributed by atoms with Gasteiger partial charge in [0.2, 0.25) is 11.0 Å². The Hall–Kier alpha value is -3.37. The van der Waals surface area contributed by atoms with E-state index >= 15 is 0 Å². The van der Waals surface area contributed by atoms with Crippen molar-refractivity contribution >= 4 is 51.7 Å². The van der Waals surface area contributed by atoms with Gasteiger partial charge in [0.15, 0.2) is 10.1 Å². The Kier molecular flexibility index (Phi) is 6.66. The SMILES string of the molecule is CC(C)C(C(=O)Nc1nnc(SCC(=O)c2ccccc2)s1)N1C(=O)c2ccccc2C1=O. The molecular weight excluding hydrogens is 460 g/mol. The third-order valence-electron chi connectivity index (χ3n) is 5.06. The van der Waals surface area contributed by atoms with Crippen molar-refractivity contribution in [2.45, 2.75) is 24.2 Å². The maximum atomic E-state index is 13.1. The molecule has 1 aliphatic heterocycles. The molecule has 1 aliphatic rings. The number of rotatable bonds is 8. The normalized spacial score (nSPS) is 13.8. The molecule has 0 radical (unpaired) electrons. The minimum absolute atomic E-state index is 0.0353. The van der Waals surface area contributed by atoms with Crippen LogP contribution in [-0.4, -0.2) is 50.4 Å². The number of fused-ring (bicyclic) bond motifs is 1. The summed E-state index contributed by atoms with van der Waals surface area (Å²) in [4.78, 5) is 52.0. The van der Waals surface area contributed by atoms with Gasteiger partial charge in [0, 0.05) is 5.56 Å². The molecule has 2 heterocycles. The number of amides is 3. The molecule has 1 N–H and O–H groups in total. The highest BCUT2D eigenvalue weighted by Gasteiger charge is 2.44. The smallest absolute Gasteiger partial charge is 0.262 e. The molecule has 33 heavy (non-hydrogen) atoms. The van der Waals surface area contributed by atoms with Crippen LogP contribution in [0.2, 0.25) is 0 Å². The van der Waals surface area contributed by atoms with Crippen LogP contribution >= 0.6 is 23.1 Å².